The van der Waals surface area contributed by atoms with Crippen LogP contribution in [0.25, 0.3) is 0 Å². The summed E-state index contributed by atoms with van der Waals surface area (Å²) in [7, 11) is 1.36. The van der Waals surface area contributed by atoms with Gasteiger partial charge in [-0.2, -0.15) is 0 Å². The monoisotopic (exact) mass is 358 g/mol. The standard InChI is InChI=1S/C17H22N6O3/c1-26-17(25)22-9-5-8-21(10-11-22)16(24)15(23-13-18-19-20-23)12-14-6-3-2-4-7-14/h2-4,6-7,13,15H,5,8-12H2,1H3/t15-/m1/s1. The summed E-state index contributed by atoms with van der Waals surface area (Å²) in [5, 5.41) is 11.3. The van der Waals surface area contributed by atoms with Gasteiger partial charge in [-0.15, -0.1) is 5.10 Å². The summed E-state index contributed by atoms with van der Waals surface area (Å²) in [4.78, 5) is 28.3. The Bertz CT molecular complexity index is 721. The van der Waals surface area contributed by atoms with Gasteiger partial charge in [0.05, 0.1) is 7.11 Å². The number of carbonyl (C=O) groups excluding carboxylic acids is 2. The molecule has 2 heterocycles. The van der Waals surface area contributed by atoms with Crippen LogP contribution in [0.1, 0.15) is 18.0 Å². The first kappa shape index (κ1) is 17.8. The van der Waals surface area contributed by atoms with Gasteiger partial charge in [-0.1, -0.05) is 30.3 Å². The molecule has 0 bridgehead atoms. The molecule has 1 fully saturated rings. The minimum Gasteiger partial charge on any atom is -0.453 e. The molecule has 9 nitrogen and oxygen atoms in total. The summed E-state index contributed by atoms with van der Waals surface area (Å²) in [6.45, 7) is 2.07. The molecule has 0 saturated carbocycles. The van der Waals surface area contributed by atoms with Crippen molar-refractivity contribution in [3.05, 3.63) is 42.2 Å². The number of benzene rings is 1. The van der Waals surface area contributed by atoms with Crippen molar-refractivity contribution in [2.24, 2.45) is 0 Å². The topological polar surface area (TPSA) is 93.5 Å². The number of aromatic nitrogens is 4. The van der Waals surface area contributed by atoms with Gasteiger partial charge < -0.3 is 14.5 Å². The number of nitrogens with zero attached hydrogens (tertiary/aromatic N) is 6. The predicted octanol–water partition coefficient (Wildman–Crippen LogP) is 0.758. The molecule has 26 heavy (non-hydrogen) atoms. The highest BCUT2D eigenvalue weighted by Gasteiger charge is 2.29. The fourth-order valence-corrected chi connectivity index (χ4v) is 3.10. The predicted molar refractivity (Wildman–Crippen MR) is 92.2 cm³/mol. The molecule has 9 heteroatoms. The van der Waals surface area contributed by atoms with Gasteiger partial charge in [-0.3, -0.25) is 4.79 Å². The molecule has 1 saturated heterocycles. The lowest BCUT2D eigenvalue weighted by Gasteiger charge is -2.26. The molecule has 2 amide bonds. The lowest BCUT2D eigenvalue weighted by atomic mass is 10.0. The summed E-state index contributed by atoms with van der Waals surface area (Å²) in [5.41, 5.74) is 1.03. The van der Waals surface area contributed by atoms with Crippen LogP contribution in [0.3, 0.4) is 0 Å². The third-order valence-corrected chi connectivity index (χ3v) is 4.48. The van der Waals surface area contributed by atoms with E-state index in [4.69, 9.17) is 4.74 Å². The Kier molecular flexibility index (Phi) is 5.77. The Morgan fingerprint density at radius 3 is 2.54 bits per heavy atom. The highest BCUT2D eigenvalue weighted by molar-refractivity contribution is 5.81. The van der Waals surface area contributed by atoms with Crippen LogP contribution in [0.2, 0.25) is 0 Å². The van der Waals surface area contributed by atoms with Gasteiger partial charge in [0.2, 0.25) is 5.91 Å². The van der Waals surface area contributed by atoms with Crippen LogP contribution < -0.4 is 0 Å². The maximum atomic E-state index is 13.2. The van der Waals surface area contributed by atoms with Crippen molar-refractivity contribution in [2.45, 2.75) is 18.9 Å². The van der Waals surface area contributed by atoms with Crippen molar-refractivity contribution < 1.29 is 14.3 Å². The molecule has 1 aliphatic heterocycles. The van der Waals surface area contributed by atoms with E-state index in [0.717, 1.165) is 5.56 Å². The van der Waals surface area contributed by atoms with Crippen LogP contribution in [-0.2, 0) is 16.0 Å². The highest BCUT2D eigenvalue weighted by Crippen LogP contribution is 2.17. The number of hydrogen-bond acceptors (Lipinski definition) is 6. The number of carbonyl (C=O) groups is 2. The van der Waals surface area contributed by atoms with Crippen molar-refractivity contribution in [3.63, 3.8) is 0 Å². The Balaban J connectivity index is 1.74. The molecule has 1 atom stereocenters. The molecule has 0 aliphatic carbocycles. The number of rotatable bonds is 4. The largest absolute Gasteiger partial charge is 0.453 e. The fourth-order valence-electron chi connectivity index (χ4n) is 3.10. The molecule has 1 aromatic carbocycles. The second-order valence-electron chi connectivity index (χ2n) is 6.13. The zero-order valence-electron chi connectivity index (χ0n) is 14.7. The van der Waals surface area contributed by atoms with Crippen molar-refractivity contribution in [1.82, 2.24) is 30.0 Å². The Morgan fingerprint density at radius 1 is 1.12 bits per heavy atom. The maximum absolute atomic E-state index is 13.2. The SMILES string of the molecule is COC(=O)N1CCCN(C(=O)[C@@H](Cc2ccccc2)n2cnnn2)CC1. The third-order valence-electron chi connectivity index (χ3n) is 4.48. The van der Waals surface area contributed by atoms with Gasteiger partial charge >= 0.3 is 6.09 Å². The summed E-state index contributed by atoms with van der Waals surface area (Å²) in [6.07, 6.45) is 2.31. The van der Waals surface area contributed by atoms with E-state index in [1.807, 2.05) is 30.3 Å². The normalized spacial score (nSPS) is 16.0. The van der Waals surface area contributed by atoms with Crippen molar-refractivity contribution in [3.8, 4) is 0 Å². The lowest BCUT2D eigenvalue weighted by Crippen LogP contribution is -2.41. The van der Waals surface area contributed by atoms with Crippen LogP contribution in [0.15, 0.2) is 36.7 Å². The molecule has 2 aromatic rings. The summed E-state index contributed by atoms with van der Waals surface area (Å²) in [5.74, 6) is -0.0483. The smallest absolute Gasteiger partial charge is 0.409 e. The van der Waals surface area contributed by atoms with Gasteiger partial charge in [-0.25, -0.2) is 9.48 Å². The molecule has 0 N–H and O–H groups in total. The average Bonchev–Trinajstić information content (AvgIpc) is 3.09. The van der Waals surface area contributed by atoms with E-state index < -0.39 is 6.04 Å². The van der Waals surface area contributed by atoms with E-state index in [0.29, 0.717) is 39.0 Å². The van der Waals surface area contributed by atoms with Crippen LogP contribution >= 0.6 is 0 Å². The zero-order valence-corrected chi connectivity index (χ0v) is 14.7. The number of tetrazole rings is 1. The molecule has 0 spiro atoms. The molecule has 1 aromatic heterocycles. The molecule has 0 radical (unpaired) electrons. The van der Waals surface area contributed by atoms with Crippen LogP contribution in [-0.4, -0.2) is 75.3 Å². The van der Waals surface area contributed by atoms with Gasteiger partial charge in [0, 0.05) is 32.6 Å². The second-order valence-corrected chi connectivity index (χ2v) is 6.13. The molecule has 0 unspecified atom stereocenters. The zero-order chi connectivity index (χ0) is 18.4. The fraction of sp³-hybridized carbons (Fsp3) is 0.471. The second kappa shape index (κ2) is 8.41. The van der Waals surface area contributed by atoms with Crippen molar-refractivity contribution >= 4 is 12.0 Å². The van der Waals surface area contributed by atoms with Crippen LogP contribution in [0.5, 0.6) is 0 Å². The number of hydrogen-bond donors (Lipinski definition) is 0. The lowest BCUT2D eigenvalue weighted by molar-refractivity contribution is -0.135. The molecular weight excluding hydrogens is 336 g/mol. The molecule has 3 rings (SSSR count). The Morgan fingerprint density at radius 2 is 1.85 bits per heavy atom. The molecule has 1 aliphatic rings. The number of ether oxygens (including phenoxy) is 1. The first-order valence-electron chi connectivity index (χ1n) is 8.57. The Hall–Kier alpha value is -2.97. The van der Waals surface area contributed by atoms with Crippen LogP contribution in [0.4, 0.5) is 4.79 Å². The van der Waals surface area contributed by atoms with Crippen LogP contribution in [0, 0.1) is 0 Å². The quantitative estimate of drug-likeness (QED) is 0.801. The summed E-state index contributed by atoms with van der Waals surface area (Å²) >= 11 is 0. The van der Waals surface area contributed by atoms with Gasteiger partial charge in [-0.05, 0) is 22.4 Å². The van der Waals surface area contributed by atoms with E-state index >= 15 is 0 Å². The first-order chi connectivity index (χ1) is 12.7. The Labute approximate surface area is 151 Å². The van der Waals surface area contributed by atoms with Crippen molar-refractivity contribution in [2.75, 3.05) is 33.3 Å². The number of amides is 2. The third kappa shape index (κ3) is 4.16. The minimum atomic E-state index is -0.517. The van der Waals surface area contributed by atoms with Crippen molar-refractivity contribution in [1.29, 1.82) is 0 Å². The molecular formula is C17H22N6O3. The van der Waals surface area contributed by atoms with Gasteiger partial charge in [0.15, 0.2) is 0 Å². The van der Waals surface area contributed by atoms with E-state index in [1.165, 1.54) is 18.1 Å². The number of methoxy groups -OCH3 is 1. The first-order valence-corrected chi connectivity index (χ1v) is 8.57. The van der Waals surface area contributed by atoms with E-state index in [-0.39, 0.29) is 12.0 Å². The summed E-state index contributed by atoms with van der Waals surface area (Å²) in [6, 6.07) is 9.26. The minimum absolute atomic E-state index is 0.0483. The maximum Gasteiger partial charge on any atom is 0.409 e. The highest BCUT2D eigenvalue weighted by atomic mass is 16.5. The summed E-state index contributed by atoms with van der Waals surface area (Å²) < 4.78 is 6.28. The van der Waals surface area contributed by atoms with E-state index in [1.54, 1.807) is 9.80 Å². The average molecular weight is 358 g/mol. The van der Waals surface area contributed by atoms with E-state index in [2.05, 4.69) is 15.5 Å². The van der Waals surface area contributed by atoms with Gasteiger partial charge in [0.1, 0.15) is 12.4 Å². The van der Waals surface area contributed by atoms with Gasteiger partial charge in [0.25, 0.3) is 0 Å². The molecule has 138 valence electrons. The van der Waals surface area contributed by atoms with E-state index in [9.17, 15) is 9.59 Å².